The monoisotopic (exact) mass is 825 g/mol. The Labute approximate surface area is 313 Å². The fourth-order valence-corrected chi connectivity index (χ4v) is 6.92. The Kier molecular flexibility index (Phi) is 12.3. The van der Waals surface area contributed by atoms with Gasteiger partial charge in [0.2, 0.25) is 5.91 Å². The standard InChI is InChI=1S/C38H35BrF7N3O5/c1-4-54-33(52)15-30(27-11-22(9-20(3)35(27)43)34-19(2)10-24(40)13-31(34)50)47-37(53)36(26-12-23(39)5-6-29(26)42)49-16-21(7-8-48-17-25(41)18-48)28(14-32(49)51)38(44,45)46/h5-6,9-14,16,25,30,36,50H,4,7-8,15,17-18H2,1-3H3,(H,47,53)/t30-,36?/m0/s1. The second-order valence-electron chi connectivity index (χ2n) is 13.0. The lowest BCUT2D eigenvalue weighted by Gasteiger charge is -2.34. The van der Waals surface area contributed by atoms with Crippen LogP contribution in [0, 0.1) is 31.3 Å². The van der Waals surface area contributed by atoms with Crippen LogP contribution in [0.25, 0.3) is 11.1 Å². The number of carbonyl (C=O) groups is 2. The molecule has 1 aliphatic heterocycles. The molecule has 4 aromatic rings. The number of rotatable bonds is 12. The number of nitrogens with one attached hydrogen (secondary N) is 1. The lowest BCUT2D eigenvalue weighted by molar-refractivity contribution is -0.144. The predicted octanol–water partition coefficient (Wildman–Crippen LogP) is 7.63. The van der Waals surface area contributed by atoms with Crippen LogP contribution in [-0.4, -0.2) is 58.9 Å². The van der Waals surface area contributed by atoms with E-state index in [4.69, 9.17) is 4.74 Å². The minimum atomic E-state index is -4.99. The highest BCUT2D eigenvalue weighted by Gasteiger charge is 2.37. The van der Waals surface area contributed by atoms with Crippen LogP contribution in [0.4, 0.5) is 30.7 Å². The van der Waals surface area contributed by atoms with Crippen LogP contribution >= 0.6 is 15.9 Å². The highest BCUT2D eigenvalue weighted by atomic mass is 79.9. The van der Waals surface area contributed by atoms with Crippen molar-refractivity contribution in [1.82, 2.24) is 14.8 Å². The molecule has 2 atom stereocenters. The van der Waals surface area contributed by atoms with Crippen LogP contribution in [0.2, 0.25) is 0 Å². The van der Waals surface area contributed by atoms with Crippen molar-refractivity contribution < 1.29 is 50.2 Å². The number of aromatic hydroxyl groups is 1. The molecule has 0 saturated carbocycles. The molecule has 16 heteroatoms. The number of hydrogen-bond donors (Lipinski definition) is 2. The molecule has 2 heterocycles. The topological polar surface area (TPSA) is 101 Å². The van der Waals surface area contributed by atoms with Gasteiger partial charge < -0.3 is 15.2 Å². The van der Waals surface area contributed by atoms with Crippen molar-refractivity contribution in [2.45, 2.75) is 58.0 Å². The SMILES string of the molecule is CCOC(=O)C[C@H](NC(=O)C(c1cc(Br)ccc1F)n1cc(CCN2CC(F)C2)c(C(F)(F)F)cc1=O)c1cc(-c2c(C)cc(F)cc2O)cc(C)c1F. The Balaban J connectivity index is 1.66. The third-order valence-corrected chi connectivity index (χ3v) is 9.57. The van der Waals surface area contributed by atoms with E-state index in [1.165, 1.54) is 39.0 Å². The zero-order chi connectivity index (χ0) is 39.6. The maximum atomic E-state index is 16.1. The summed E-state index contributed by atoms with van der Waals surface area (Å²) < 4.78 is 108. The van der Waals surface area contributed by atoms with Gasteiger partial charge in [0.15, 0.2) is 0 Å². The molecule has 1 aromatic heterocycles. The zero-order valence-corrected chi connectivity index (χ0v) is 30.8. The largest absolute Gasteiger partial charge is 0.507 e. The van der Waals surface area contributed by atoms with Gasteiger partial charge in [0.1, 0.15) is 35.4 Å². The first-order chi connectivity index (χ1) is 25.4. The Hall–Kier alpha value is -4.70. The molecule has 1 saturated heterocycles. The van der Waals surface area contributed by atoms with Crippen LogP contribution in [0.1, 0.15) is 58.8 Å². The molecule has 0 radical (unpaired) electrons. The number of esters is 1. The minimum Gasteiger partial charge on any atom is -0.507 e. The van der Waals surface area contributed by atoms with Crippen molar-refractivity contribution in [3.8, 4) is 16.9 Å². The number of nitrogens with zero attached hydrogens (tertiary/aromatic N) is 2. The summed E-state index contributed by atoms with van der Waals surface area (Å²) >= 11 is 3.19. The lowest BCUT2D eigenvalue weighted by Crippen LogP contribution is -2.49. The van der Waals surface area contributed by atoms with Gasteiger partial charge in [-0.1, -0.05) is 15.9 Å². The van der Waals surface area contributed by atoms with E-state index in [1.54, 1.807) is 4.90 Å². The second kappa shape index (κ2) is 16.3. The highest BCUT2D eigenvalue weighted by Crippen LogP contribution is 2.38. The lowest BCUT2D eigenvalue weighted by atomic mass is 9.92. The number of amides is 1. The van der Waals surface area contributed by atoms with Crippen LogP contribution < -0.4 is 10.9 Å². The average Bonchev–Trinajstić information content (AvgIpc) is 3.05. The average molecular weight is 827 g/mol. The van der Waals surface area contributed by atoms with Crippen molar-refractivity contribution >= 4 is 27.8 Å². The third-order valence-electron chi connectivity index (χ3n) is 9.08. The van der Waals surface area contributed by atoms with Crippen molar-refractivity contribution in [1.29, 1.82) is 0 Å². The first kappa shape index (κ1) is 40.5. The summed E-state index contributed by atoms with van der Waals surface area (Å²) in [6.45, 7) is 4.30. The van der Waals surface area contributed by atoms with Crippen molar-refractivity contribution in [3.63, 3.8) is 0 Å². The molecule has 2 N–H and O–H groups in total. The number of ether oxygens (including phenoxy) is 1. The van der Waals surface area contributed by atoms with Crippen molar-refractivity contribution in [2.24, 2.45) is 0 Å². The summed E-state index contributed by atoms with van der Waals surface area (Å²) in [5.74, 6) is -5.23. The number of benzene rings is 3. The molecule has 288 valence electrons. The van der Waals surface area contributed by atoms with Gasteiger partial charge in [0.25, 0.3) is 5.56 Å². The summed E-state index contributed by atoms with van der Waals surface area (Å²) in [4.78, 5) is 42.4. The number of aryl methyl sites for hydroxylation is 2. The first-order valence-electron chi connectivity index (χ1n) is 16.8. The van der Waals surface area contributed by atoms with E-state index in [2.05, 4.69) is 21.2 Å². The summed E-state index contributed by atoms with van der Waals surface area (Å²) in [6.07, 6.45) is -6.33. The number of carbonyl (C=O) groups excluding carboxylic acids is 2. The fourth-order valence-electron chi connectivity index (χ4n) is 6.54. The van der Waals surface area contributed by atoms with E-state index in [0.717, 1.165) is 30.5 Å². The van der Waals surface area contributed by atoms with E-state index in [0.29, 0.717) is 10.6 Å². The molecule has 0 bridgehead atoms. The smallest absolute Gasteiger partial charge is 0.416 e. The van der Waals surface area contributed by atoms with Gasteiger partial charge in [0, 0.05) is 59.1 Å². The molecule has 1 unspecified atom stereocenters. The van der Waals surface area contributed by atoms with E-state index in [-0.39, 0.29) is 65.0 Å². The van der Waals surface area contributed by atoms with E-state index in [9.17, 15) is 41.4 Å². The first-order valence-corrected chi connectivity index (χ1v) is 17.6. The molecular formula is C38H35BrF7N3O5. The van der Waals surface area contributed by atoms with Crippen LogP contribution in [0.3, 0.4) is 0 Å². The molecule has 5 rings (SSSR count). The van der Waals surface area contributed by atoms with Crippen molar-refractivity contribution in [3.05, 3.63) is 120 Å². The maximum Gasteiger partial charge on any atom is 0.416 e. The molecule has 8 nitrogen and oxygen atoms in total. The number of aromatic nitrogens is 1. The van der Waals surface area contributed by atoms with Gasteiger partial charge in [-0.2, -0.15) is 13.2 Å². The number of hydrogen-bond acceptors (Lipinski definition) is 6. The third kappa shape index (κ3) is 8.97. The highest BCUT2D eigenvalue weighted by molar-refractivity contribution is 9.10. The van der Waals surface area contributed by atoms with Gasteiger partial charge in [0.05, 0.1) is 24.6 Å². The Morgan fingerprint density at radius 2 is 1.72 bits per heavy atom. The fraction of sp³-hybridized carbons (Fsp3) is 0.342. The number of likely N-dealkylation sites (tertiary alicyclic amines) is 1. The number of halogens is 8. The van der Waals surface area contributed by atoms with E-state index >= 15 is 8.78 Å². The number of pyridine rings is 1. The van der Waals surface area contributed by atoms with Gasteiger partial charge in [-0.25, -0.2) is 17.6 Å². The molecule has 0 aliphatic carbocycles. The van der Waals surface area contributed by atoms with Gasteiger partial charge in [-0.15, -0.1) is 0 Å². The Morgan fingerprint density at radius 3 is 2.35 bits per heavy atom. The molecule has 1 fully saturated rings. The summed E-state index contributed by atoms with van der Waals surface area (Å²) in [6, 6.07) is 4.69. The predicted molar refractivity (Wildman–Crippen MR) is 188 cm³/mol. The van der Waals surface area contributed by atoms with Crippen LogP contribution in [0.5, 0.6) is 5.75 Å². The Morgan fingerprint density at radius 1 is 1.02 bits per heavy atom. The quantitative estimate of drug-likeness (QED) is 0.113. The normalized spacial score (nSPS) is 14.7. The minimum absolute atomic E-state index is 0.00629. The molecule has 1 aliphatic rings. The maximum absolute atomic E-state index is 16.1. The van der Waals surface area contributed by atoms with Gasteiger partial charge in [-0.05, 0) is 85.8 Å². The molecule has 0 spiro atoms. The number of phenolic OH excluding ortho intramolecular Hbond substituents is 1. The molecule has 1 amide bonds. The number of phenols is 1. The van der Waals surface area contributed by atoms with Crippen LogP contribution in [0.15, 0.2) is 64.0 Å². The summed E-state index contributed by atoms with van der Waals surface area (Å²) in [7, 11) is 0. The summed E-state index contributed by atoms with van der Waals surface area (Å²) in [5.41, 5.74) is -3.22. The number of alkyl halides is 4. The molecule has 54 heavy (non-hydrogen) atoms. The van der Waals surface area contributed by atoms with Gasteiger partial charge >= 0.3 is 12.1 Å². The van der Waals surface area contributed by atoms with Gasteiger partial charge in [-0.3, -0.25) is 23.9 Å². The Bertz CT molecular complexity index is 2110. The molecule has 3 aromatic carbocycles. The van der Waals surface area contributed by atoms with E-state index in [1.807, 2.05) is 0 Å². The van der Waals surface area contributed by atoms with Crippen molar-refractivity contribution in [2.75, 3.05) is 26.2 Å². The van der Waals surface area contributed by atoms with E-state index < -0.39 is 88.2 Å². The summed E-state index contributed by atoms with van der Waals surface area (Å²) in [5, 5.41) is 13.1. The molecular weight excluding hydrogens is 791 g/mol. The van der Waals surface area contributed by atoms with Crippen LogP contribution in [-0.2, 0) is 26.9 Å². The zero-order valence-electron chi connectivity index (χ0n) is 29.2. The second-order valence-corrected chi connectivity index (χ2v) is 13.9.